The molecule has 1 saturated heterocycles. The van der Waals surface area contributed by atoms with E-state index in [9.17, 15) is 4.79 Å². The molecule has 3 heteroatoms. The van der Waals surface area contributed by atoms with Crippen molar-refractivity contribution in [2.24, 2.45) is 0 Å². The van der Waals surface area contributed by atoms with Crippen molar-refractivity contribution in [3.05, 3.63) is 34.9 Å². The predicted octanol–water partition coefficient (Wildman–Crippen LogP) is 2.78. The SMILES string of the molecule is Cc1ccc(C)c(C2CN(C(C)C)C(=O)N2)c1. The lowest BCUT2D eigenvalue weighted by Crippen LogP contribution is -2.33. The maximum absolute atomic E-state index is 11.8. The standard InChI is InChI=1S/C14H20N2O/c1-9(2)16-8-13(15-14(16)17)12-7-10(3)5-6-11(12)4/h5-7,9,13H,8H2,1-4H3,(H,15,17). The lowest BCUT2D eigenvalue weighted by atomic mass is 9.99. The molecule has 1 heterocycles. The van der Waals surface area contributed by atoms with E-state index < -0.39 is 0 Å². The number of nitrogens with zero attached hydrogens (tertiary/aromatic N) is 1. The van der Waals surface area contributed by atoms with Crippen molar-refractivity contribution in [2.75, 3.05) is 6.54 Å². The highest BCUT2D eigenvalue weighted by atomic mass is 16.2. The van der Waals surface area contributed by atoms with Crippen LogP contribution in [0.2, 0.25) is 0 Å². The molecule has 1 aromatic rings. The molecule has 1 fully saturated rings. The second-order valence-corrected chi connectivity index (χ2v) is 5.11. The molecule has 2 amide bonds. The van der Waals surface area contributed by atoms with Crippen molar-refractivity contribution in [1.29, 1.82) is 0 Å². The van der Waals surface area contributed by atoms with Gasteiger partial charge in [-0.25, -0.2) is 4.79 Å². The van der Waals surface area contributed by atoms with Crippen molar-refractivity contribution in [1.82, 2.24) is 10.2 Å². The fraction of sp³-hybridized carbons (Fsp3) is 0.500. The van der Waals surface area contributed by atoms with Crippen LogP contribution in [0.4, 0.5) is 4.79 Å². The number of carbonyl (C=O) groups is 1. The van der Waals surface area contributed by atoms with Crippen LogP contribution >= 0.6 is 0 Å². The van der Waals surface area contributed by atoms with Gasteiger partial charge in [0.05, 0.1) is 6.04 Å². The first-order chi connectivity index (χ1) is 7.99. The van der Waals surface area contributed by atoms with Crippen LogP contribution in [0, 0.1) is 13.8 Å². The van der Waals surface area contributed by atoms with E-state index in [1.165, 1.54) is 16.7 Å². The van der Waals surface area contributed by atoms with Crippen LogP contribution in [-0.4, -0.2) is 23.5 Å². The number of aryl methyl sites for hydroxylation is 2. The molecule has 0 radical (unpaired) electrons. The van der Waals surface area contributed by atoms with Crippen LogP contribution in [0.5, 0.6) is 0 Å². The second-order valence-electron chi connectivity index (χ2n) is 5.11. The van der Waals surface area contributed by atoms with Gasteiger partial charge in [0.25, 0.3) is 0 Å². The fourth-order valence-corrected chi connectivity index (χ4v) is 2.31. The lowest BCUT2D eigenvalue weighted by Gasteiger charge is -2.19. The number of hydrogen-bond donors (Lipinski definition) is 1. The first-order valence-corrected chi connectivity index (χ1v) is 6.13. The number of nitrogens with one attached hydrogen (secondary N) is 1. The smallest absolute Gasteiger partial charge is 0.318 e. The zero-order valence-corrected chi connectivity index (χ0v) is 10.9. The van der Waals surface area contributed by atoms with E-state index >= 15 is 0 Å². The van der Waals surface area contributed by atoms with Gasteiger partial charge in [0.1, 0.15) is 0 Å². The Morgan fingerprint density at radius 1 is 1.35 bits per heavy atom. The Labute approximate surface area is 103 Å². The minimum atomic E-state index is 0.0471. The molecule has 1 aliphatic heterocycles. The number of benzene rings is 1. The Kier molecular flexibility index (Phi) is 3.09. The van der Waals surface area contributed by atoms with Gasteiger partial charge in [-0.2, -0.15) is 0 Å². The van der Waals surface area contributed by atoms with Crippen LogP contribution < -0.4 is 5.32 Å². The van der Waals surface area contributed by atoms with Crippen molar-refractivity contribution in [3.8, 4) is 0 Å². The topological polar surface area (TPSA) is 32.3 Å². The second kappa shape index (κ2) is 4.40. The van der Waals surface area contributed by atoms with Crippen LogP contribution in [0.3, 0.4) is 0 Å². The molecule has 0 aliphatic carbocycles. The third-order valence-electron chi connectivity index (χ3n) is 3.37. The number of hydrogen-bond acceptors (Lipinski definition) is 1. The number of amides is 2. The van der Waals surface area contributed by atoms with E-state index in [1.807, 2.05) is 18.7 Å². The van der Waals surface area contributed by atoms with Crippen molar-refractivity contribution in [3.63, 3.8) is 0 Å². The summed E-state index contributed by atoms with van der Waals surface area (Å²) < 4.78 is 0. The molecule has 0 saturated carbocycles. The molecule has 17 heavy (non-hydrogen) atoms. The molecule has 2 rings (SSSR count). The summed E-state index contributed by atoms with van der Waals surface area (Å²) in [7, 11) is 0. The quantitative estimate of drug-likeness (QED) is 0.835. The summed E-state index contributed by atoms with van der Waals surface area (Å²) in [6.07, 6.45) is 0. The summed E-state index contributed by atoms with van der Waals surface area (Å²) in [5, 5.41) is 3.06. The third-order valence-corrected chi connectivity index (χ3v) is 3.37. The first kappa shape index (κ1) is 12.0. The summed E-state index contributed by atoms with van der Waals surface area (Å²) in [6, 6.07) is 6.83. The summed E-state index contributed by atoms with van der Waals surface area (Å²) in [5.74, 6) is 0. The highest BCUT2D eigenvalue weighted by Gasteiger charge is 2.31. The Morgan fingerprint density at radius 3 is 2.65 bits per heavy atom. The van der Waals surface area contributed by atoms with E-state index in [-0.39, 0.29) is 18.1 Å². The summed E-state index contributed by atoms with van der Waals surface area (Å²) >= 11 is 0. The van der Waals surface area contributed by atoms with Gasteiger partial charge in [-0.1, -0.05) is 23.8 Å². The van der Waals surface area contributed by atoms with Crippen LogP contribution in [0.15, 0.2) is 18.2 Å². The summed E-state index contributed by atoms with van der Waals surface area (Å²) in [5.41, 5.74) is 3.72. The van der Waals surface area contributed by atoms with Gasteiger partial charge in [-0.15, -0.1) is 0 Å². The molecule has 1 aliphatic rings. The van der Waals surface area contributed by atoms with Gasteiger partial charge in [0, 0.05) is 12.6 Å². The monoisotopic (exact) mass is 232 g/mol. The molecule has 92 valence electrons. The maximum Gasteiger partial charge on any atom is 0.318 e. The third kappa shape index (κ3) is 2.28. The summed E-state index contributed by atoms with van der Waals surface area (Å²) in [4.78, 5) is 13.7. The van der Waals surface area contributed by atoms with Crippen LogP contribution in [0.1, 0.15) is 36.6 Å². The molecular weight excluding hydrogens is 212 g/mol. The molecule has 1 N–H and O–H groups in total. The van der Waals surface area contributed by atoms with Gasteiger partial charge in [0.2, 0.25) is 0 Å². The van der Waals surface area contributed by atoms with Crippen LogP contribution in [0.25, 0.3) is 0 Å². The van der Waals surface area contributed by atoms with Crippen molar-refractivity contribution < 1.29 is 4.79 Å². The fourth-order valence-electron chi connectivity index (χ4n) is 2.31. The molecule has 0 aromatic heterocycles. The Hall–Kier alpha value is -1.51. The van der Waals surface area contributed by atoms with Gasteiger partial charge in [0.15, 0.2) is 0 Å². The predicted molar refractivity (Wildman–Crippen MR) is 69.0 cm³/mol. The van der Waals surface area contributed by atoms with Gasteiger partial charge in [-0.05, 0) is 38.8 Å². The zero-order chi connectivity index (χ0) is 12.6. The van der Waals surface area contributed by atoms with Crippen LogP contribution in [-0.2, 0) is 0 Å². The van der Waals surface area contributed by atoms with E-state index in [1.54, 1.807) is 0 Å². The molecule has 0 bridgehead atoms. The highest BCUT2D eigenvalue weighted by Crippen LogP contribution is 2.25. The summed E-state index contributed by atoms with van der Waals surface area (Å²) in [6.45, 7) is 9.04. The molecule has 1 aromatic carbocycles. The first-order valence-electron chi connectivity index (χ1n) is 6.13. The maximum atomic E-state index is 11.8. The van der Waals surface area contributed by atoms with E-state index in [2.05, 4.69) is 37.4 Å². The molecular formula is C14H20N2O. The average Bonchev–Trinajstić information content (AvgIpc) is 2.64. The van der Waals surface area contributed by atoms with E-state index in [0.29, 0.717) is 0 Å². The average molecular weight is 232 g/mol. The minimum Gasteiger partial charge on any atom is -0.329 e. The molecule has 0 spiro atoms. The number of carbonyl (C=O) groups excluding carboxylic acids is 1. The minimum absolute atomic E-state index is 0.0471. The Morgan fingerprint density at radius 2 is 2.06 bits per heavy atom. The van der Waals surface area contributed by atoms with Crippen molar-refractivity contribution in [2.45, 2.75) is 39.8 Å². The van der Waals surface area contributed by atoms with Gasteiger partial charge in [-0.3, -0.25) is 0 Å². The van der Waals surface area contributed by atoms with E-state index in [0.717, 1.165) is 6.54 Å². The lowest BCUT2D eigenvalue weighted by molar-refractivity contribution is 0.206. The molecule has 1 atom stereocenters. The van der Waals surface area contributed by atoms with Gasteiger partial charge < -0.3 is 10.2 Å². The highest BCUT2D eigenvalue weighted by molar-refractivity contribution is 5.77. The Bertz CT molecular complexity index is 440. The van der Waals surface area contributed by atoms with Crippen molar-refractivity contribution >= 4 is 6.03 Å². The molecule has 1 unspecified atom stereocenters. The normalized spacial score (nSPS) is 19.9. The van der Waals surface area contributed by atoms with Gasteiger partial charge >= 0.3 is 6.03 Å². The Balaban J connectivity index is 2.25. The zero-order valence-electron chi connectivity index (χ0n) is 10.9. The number of urea groups is 1. The van der Waals surface area contributed by atoms with E-state index in [4.69, 9.17) is 0 Å². The molecule has 3 nitrogen and oxygen atoms in total. The largest absolute Gasteiger partial charge is 0.329 e. The number of rotatable bonds is 2.